The van der Waals surface area contributed by atoms with E-state index >= 15 is 0 Å². The van der Waals surface area contributed by atoms with Gasteiger partial charge in [0.05, 0.1) is 26.8 Å². The van der Waals surface area contributed by atoms with Crippen molar-refractivity contribution in [2.24, 2.45) is 5.10 Å². The molecule has 1 amide bonds. The lowest BCUT2D eigenvalue weighted by molar-refractivity contribution is -0.119. The number of sulfonamides is 1. The van der Waals surface area contributed by atoms with Gasteiger partial charge in [-0.15, -0.1) is 0 Å². The second-order valence-electron chi connectivity index (χ2n) is 6.23. The first-order valence-corrected chi connectivity index (χ1v) is 11.9. The third kappa shape index (κ3) is 5.86. The molecule has 0 atom stereocenters. The van der Waals surface area contributed by atoms with Gasteiger partial charge in [0.15, 0.2) is 0 Å². The van der Waals surface area contributed by atoms with Gasteiger partial charge < -0.3 is 0 Å². The second kappa shape index (κ2) is 10.3. The molecule has 0 bridgehead atoms. The van der Waals surface area contributed by atoms with Gasteiger partial charge in [-0.1, -0.05) is 63.4 Å². The summed E-state index contributed by atoms with van der Waals surface area (Å²) >= 11 is 15.5. The van der Waals surface area contributed by atoms with Gasteiger partial charge in [0, 0.05) is 10.0 Å². The van der Waals surface area contributed by atoms with Crippen LogP contribution in [-0.4, -0.2) is 27.1 Å². The molecule has 6 nitrogen and oxygen atoms in total. The average molecular weight is 541 g/mol. The van der Waals surface area contributed by atoms with Crippen molar-refractivity contribution < 1.29 is 13.2 Å². The van der Waals surface area contributed by atoms with Crippen LogP contribution in [0.5, 0.6) is 0 Å². The van der Waals surface area contributed by atoms with Gasteiger partial charge in [0.2, 0.25) is 0 Å². The van der Waals surface area contributed by atoms with Crippen LogP contribution in [-0.2, 0) is 14.8 Å². The minimum Gasteiger partial charge on any atom is -0.271 e. The highest BCUT2D eigenvalue weighted by molar-refractivity contribution is 9.10. The van der Waals surface area contributed by atoms with Crippen molar-refractivity contribution in [3.8, 4) is 0 Å². The van der Waals surface area contributed by atoms with Gasteiger partial charge in [-0.25, -0.2) is 13.8 Å². The Hall–Kier alpha value is -2.39. The molecule has 0 unspecified atom stereocenters. The van der Waals surface area contributed by atoms with Crippen LogP contribution < -0.4 is 9.73 Å². The number of rotatable bonds is 7. The molecule has 0 saturated carbocycles. The average Bonchev–Trinajstić information content (AvgIpc) is 2.75. The van der Waals surface area contributed by atoms with Crippen molar-refractivity contribution in [3.05, 3.63) is 92.9 Å². The molecule has 3 aromatic rings. The highest BCUT2D eigenvalue weighted by atomic mass is 79.9. The molecule has 3 rings (SSSR count). The van der Waals surface area contributed by atoms with Crippen molar-refractivity contribution in [2.45, 2.75) is 4.90 Å². The molecule has 0 heterocycles. The SMILES string of the molecule is O=C(CN(c1ccc(Br)cc1)S(=O)(=O)c1ccccc1)NN=Cc1c(Cl)cccc1Cl. The minimum atomic E-state index is -3.99. The zero-order valence-electron chi connectivity index (χ0n) is 15.9. The Morgan fingerprint density at radius 3 is 2.19 bits per heavy atom. The molecule has 31 heavy (non-hydrogen) atoms. The van der Waals surface area contributed by atoms with E-state index in [1.165, 1.54) is 18.3 Å². The fourth-order valence-electron chi connectivity index (χ4n) is 2.61. The summed E-state index contributed by atoms with van der Waals surface area (Å²) in [5.41, 5.74) is 3.09. The lowest BCUT2D eigenvalue weighted by atomic mass is 10.2. The van der Waals surface area contributed by atoms with E-state index in [2.05, 4.69) is 26.5 Å². The van der Waals surface area contributed by atoms with Gasteiger partial charge in [-0.3, -0.25) is 9.10 Å². The molecule has 0 fully saturated rings. The van der Waals surface area contributed by atoms with Crippen molar-refractivity contribution in [3.63, 3.8) is 0 Å². The molecule has 0 aliphatic rings. The van der Waals surface area contributed by atoms with Crippen LogP contribution in [0.25, 0.3) is 0 Å². The van der Waals surface area contributed by atoms with Crippen molar-refractivity contribution in [2.75, 3.05) is 10.8 Å². The number of benzene rings is 3. The van der Waals surface area contributed by atoms with Gasteiger partial charge in [0.1, 0.15) is 6.54 Å². The molecule has 160 valence electrons. The van der Waals surface area contributed by atoms with E-state index in [-0.39, 0.29) is 4.90 Å². The summed E-state index contributed by atoms with van der Waals surface area (Å²) < 4.78 is 28.2. The summed E-state index contributed by atoms with van der Waals surface area (Å²) in [6, 6.07) is 19.4. The van der Waals surface area contributed by atoms with Crippen LogP contribution in [0.3, 0.4) is 0 Å². The monoisotopic (exact) mass is 539 g/mol. The van der Waals surface area contributed by atoms with Gasteiger partial charge in [0.25, 0.3) is 15.9 Å². The van der Waals surface area contributed by atoms with E-state index in [0.29, 0.717) is 21.3 Å². The number of amides is 1. The minimum absolute atomic E-state index is 0.0667. The molecule has 0 aliphatic carbocycles. The number of hydrazone groups is 1. The number of anilines is 1. The molecule has 0 aliphatic heterocycles. The first kappa shape index (κ1) is 23.3. The fraction of sp³-hybridized carbons (Fsp3) is 0.0476. The van der Waals surface area contributed by atoms with E-state index < -0.39 is 22.5 Å². The van der Waals surface area contributed by atoms with E-state index in [9.17, 15) is 13.2 Å². The number of hydrogen-bond acceptors (Lipinski definition) is 4. The molecule has 0 radical (unpaired) electrons. The lowest BCUT2D eigenvalue weighted by Gasteiger charge is -2.23. The lowest BCUT2D eigenvalue weighted by Crippen LogP contribution is -2.39. The fourth-order valence-corrected chi connectivity index (χ4v) is 4.81. The first-order chi connectivity index (χ1) is 14.8. The summed E-state index contributed by atoms with van der Waals surface area (Å²) in [6.45, 7) is -0.480. The number of nitrogens with one attached hydrogen (secondary N) is 1. The summed E-state index contributed by atoms with van der Waals surface area (Å²) in [4.78, 5) is 12.6. The Morgan fingerprint density at radius 1 is 0.968 bits per heavy atom. The van der Waals surface area contributed by atoms with Gasteiger partial charge >= 0.3 is 0 Å². The standard InChI is InChI=1S/C21H16BrCl2N3O3S/c22-15-9-11-16(12-10-15)27(31(29,30)17-5-2-1-3-6-17)14-21(28)26-25-13-18-19(23)7-4-8-20(18)24/h1-13H,14H2,(H,26,28). The summed E-state index contributed by atoms with van der Waals surface area (Å²) in [5.74, 6) is -0.637. The van der Waals surface area contributed by atoms with Crippen molar-refractivity contribution in [1.29, 1.82) is 0 Å². The molecule has 10 heteroatoms. The van der Waals surface area contributed by atoms with Crippen LogP contribution in [0.1, 0.15) is 5.56 Å². The predicted molar refractivity (Wildman–Crippen MR) is 127 cm³/mol. The predicted octanol–water partition coefficient (Wildman–Crippen LogP) is 5.10. The Kier molecular flexibility index (Phi) is 7.72. The Bertz CT molecular complexity index is 1180. The summed E-state index contributed by atoms with van der Waals surface area (Å²) in [5, 5.41) is 4.59. The number of halogens is 3. The van der Waals surface area contributed by atoms with E-state index in [1.807, 2.05) is 0 Å². The Balaban J connectivity index is 1.84. The smallest absolute Gasteiger partial charge is 0.264 e. The molecule has 3 aromatic carbocycles. The first-order valence-electron chi connectivity index (χ1n) is 8.88. The molecular weight excluding hydrogens is 525 g/mol. The second-order valence-corrected chi connectivity index (χ2v) is 9.82. The van der Waals surface area contributed by atoms with Crippen molar-refractivity contribution in [1.82, 2.24) is 5.43 Å². The Morgan fingerprint density at radius 2 is 1.58 bits per heavy atom. The quantitative estimate of drug-likeness (QED) is 0.334. The topological polar surface area (TPSA) is 78.8 Å². The Labute approximate surface area is 198 Å². The third-order valence-corrected chi connectivity index (χ3v) is 7.09. The third-order valence-electron chi connectivity index (χ3n) is 4.12. The highest BCUT2D eigenvalue weighted by Crippen LogP contribution is 2.25. The zero-order valence-corrected chi connectivity index (χ0v) is 19.8. The maximum Gasteiger partial charge on any atom is 0.264 e. The van der Waals surface area contributed by atoms with E-state index in [1.54, 1.807) is 60.7 Å². The highest BCUT2D eigenvalue weighted by Gasteiger charge is 2.27. The number of carbonyl (C=O) groups excluding carboxylic acids is 1. The van der Waals surface area contributed by atoms with Crippen LogP contribution in [0.2, 0.25) is 10.0 Å². The normalized spacial score (nSPS) is 11.5. The van der Waals surface area contributed by atoms with Crippen molar-refractivity contribution >= 4 is 67.0 Å². The van der Waals surface area contributed by atoms with Crippen LogP contribution in [0, 0.1) is 0 Å². The number of nitrogens with zero attached hydrogens (tertiary/aromatic N) is 2. The van der Waals surface area contributed by atoms with Crippen LogP contribution in [0.15, 0.2) is 87.3 Å². The maximum atomic E-state index is 13.2. The summed E-state index contributed by atoms with van der Waals surface area (Å²) in [7, 11) is -3.99. The van der Waals surface area contributed by atoms with Crippen LogP contribution in [0.4, 0.5) is 5.69 Å². The molecule has 0 aromatic heterocycles. The zero-order chi connectivity index (χ0) is 22.4. The van der Waals surface area contributed by atoms with Crippen LogP contribution >= 0.6 is 39.1 Å². The summed E-state index contributed by atoms with van der Waals surface area (Å²) in [6.07, 6.45) is 1.30. The van der Waals surface area contributed by atoms with E-state index in [4.69, 9.17) is 23.2 Å². The van der Waals surface area contributed by atoms with Gasteiger partial charge in [-0.2, -0.15) is 5.10 Å². The largest absolute Gasteiger partial charge is 0.271 e. The number of carbonyl (C=O) groups is 1. The van der Waals surface area contributed by atoms with Gasteiger partial charge in [-0.05, 0) is 48.5 Å². The number of hydrogen-bond donors (Lipinski definition) is 1. The van der Waals surface area contributed by atoms with E-state index in [0.717, 1.165) is 8.78 Å². The maximum absolute atomic E-state index is 13.2. The molecule has 1 N–H and O–H groups in total. The molecule has 0 saturated heterocycles. The molecular formula is C21H16BrCl2N3O3S. The molecule has 0 spiro atoms.